The molecule has 4 amide bonds. The van der Waals surface area contributed by atoms with Crippen LogP contribution in [0.5, 0.6) is 0 Å². The van der Waals surface area contributed by atoms with E-state index in [1.807, 2.05) is 13.0 Å². The van der Waals surface area contributed by atoms with Gasteiger partial charge in [-0.3, -0.25) is 9.59 Å². The van der Waals surface area contributed by atoms with Crippen molar-refractivity contribution in [1.29, 1.82) is 0 Å². The van der Waals surface area contributed by atoms with Crippen LogP contribution in [0.2, 0.25) is 0 Å². The fourth-order valence-electron chi connectivity index (χ4n) is 3.07. The van der Waals surface area contributed by atoms with Crippen molar-refractivity contribution in [3.63, 3.8) is 0 Å². The zero-order valence-corrected chi connectivity index (χ0v) is 14.6. The van der Waals surface area contributed by atoms with E-state index in [4.69, 9.17) is 5.73 Å². The maximum atomic E-state index is 12.6. The normalized spacial score (nSPS) is 17.0. The Morgan fingerprint density at radius 1 is 1.28 bits per heavy atom. The second-order valence-corrected chi connectivity index (χ2v) is 6.26. The summed E-state index contributed by atoms with van der Waals surface area (Å²) in [5.41, 5.74) is 6.53. The summed E-state index contributed by atoms with van der Waals surface area (Å²) in [5.74, 6) is -0.0765. The number of amides is 4. The molecule has 1 saturated heterocycles. The lowest BCUT2D eigenvalue weighted by Gasteiger charge is -2.34. The standard InChI is InChI=1S/C18H26N4O3/c1-2-6-16(23)22-10-4-3-9-15(22)17(24)20-12-13-7-5-8-14(11-13)21-18(19)25/h5,7-8,11,15H,2-4,6,9-10,12H2,1H3,(H,20,24)(H3,19,21,25)/t15-/m0/s1. The predicted octanol–water partition coefficient (Wildman–Crippen LogP) is 1.97. The SMILES string of the molecule is CCCC(=O)N1CCCC[C@H]1C(=O)NCc1cccc(NC(N)=O)c1. The quantitative estimate of drug-likeness (QED) is 0.733. The van der Waals surface area contributed by atoms with Gasteiger partial charge in [0.05, 0.1) is 0 Å². The highest BCUT2D eigenvalue weighted by molar-refractivity contribution is 5.88. The fraction of sp³-hybridized carbons (Fsp3) is 0.500. The monoisotopic (exact) mass is 346 g/mol. The zero-order valence-electron chi connectivity index (χ0n) is 14.6. The molecule has 1 aromatic rings. The summed E-state index contributed by atoms with van der Waals surface area (Å²) >= 11 is 0. The predicted molar refractivity (Wildman–Crippen MR) is 95.8 cm³/mol. The van der Waals surface area contributed by atoms with E-state index in [1.165, 1.54) is 0 Å². The number of hydrogen-bond donors (Lipinski definition) is 3. The van der Waals surface area contributed by atoms with Gasteiger partial charge in [0.1, 0.15) is 6.04 Å². The van der Waals surface area contributed by atoms with E-state index in [2.05, 4.69) is 10.6 Å². The smallest absolute Gasteiger partial charge is 0.316 e. The Morgan fingerprint density at radius 3 is 2.80 bits per heavy atom. The molecule has 1 fully saturated rings. The second kappa shape index (κ2) is 9.05. The molecule has 0 radical (unpaired) electrons. The highest BCUT2D eigenvalue weighted by Gasteiger charge is 2.31. The molecule has 7 heteroatoms. The highest BCUT2D eigenvalue weighted by atomic mass is 16.2. The average molecular weight is 346 g/mol. The minimum atomic E-state index is -0.631. The van der Waals surface area contributed by atoms with Gasteiger partial charge in [0.15, 0.2) is 0 Å². The molecule has 1 heterocycles. The number of carbonyl (C=O) groups is 3. The van der Waals surface area contributed by atoms with E-state index in [-0.39, 0.29) is 17.9 Å². The third-order valence-electron chi connectivity index (χ3n) is 4.25. The first-order valence-corrected chi connectivity index (χ1v) is 8.74. The third kappa shape index (κ3) is 5.48. The minimum absolute atomic E-state index is 0.0509. The van der Waals surface area contributed by atoms with Crippen LogP contribution in [-0.4, -0.2) is 35.3 Å². The van der Waals surface area contributed by atoms with Crippen LogP contribution in [0, 0.1) is 0 Å². The summed E-state index contributed by atoms with van der Waals surface area (Å²) in [7, 11) is 0. The largest absolute Gasteiger partial charge is 0.351 e. The first-order chi connectivity index (χ1) is 12.0. The zero-order chi connectivity index (χ0) is 18.2. The van der Waals surface area contributed by atoms with Gasteiger partial charge < -0.3 is 21.3 Å². The number of nitrogens with one attached hydrogen (secondary N) is 2. The van der Waals surface area contributed by atoms with Crippen molar-refractivity contribution in [2.24, 2.45) is 5.73 Å². The topological polar surface area (TPSA) is 105 Å². The van der Waals surface area contributed by atoms with Crippen LogP contribution in [0.15, 0.2) is 24.3 Å². The van der Waals surface area contributed by atoms with Crippen molar-refractivity contribution < 1.29 is 14.4 Å². The molecule has 0 spiro atoms. The van der Waals surface area contributed by atoms with Crippen LogP contribution in [0.3, 0.4) is 0 Å². The van der Waals surface area contributed by atoms with Crippen molar-refractivity contribution in [2.75, 3.05) is 11.9 Å². The highest BCUT2D eigenvalue weighted by Crippen LogP contribution is 2.19. The molecule has 0 unspecified atom stereocenters. The number of carbonyl (C=O) groups excluding carboxylic acids is 3. The number of benzene rings is 1. The molecule has 0 bridgehead atoms. The van der Waals surface area contributed by atoms with Crippen LogP contribution >= 0.6 is 0 Å². The van der Waals surface area contributed by atoms with Crippen LogP contribution < -0.4 is 16.4 Å². The van der Waals surface area contributed by atoms with E-state index >= 15 is 0 Å². The second-order valence-electron chi connectivity index (χ2n) is 6.26. The molecule has 4 N–H and O–H groups in total. The molecule has 1 atom stereocenters. The summed E-state index contributed by atoms with van der Waals surface area (Å²) < 4.78 is 0. The summed E-state index contributed by atoms with van der Waals surface area (Å²) in [6.45, 7) is 2.94. The number of likely N-dealkylation sites (tertiary alicyclic amines) is 1. The Balaban J connectivity index is 1.96. The maximum Gasteiger partial charge on any atom is 0.316 e. The van der Waals surface area contributed by atoms with Gasteiger partial charge in [-0.2, -0.15) is 0 Å². The number of urea groups is 1. The number of rotatable bonds is 6. The van der Waals surface area contributed by atoms with E-state index in [9.17, 15) is 14.4 Å². The summed E-state index contributed by atoms with van der Waals surface area (Å²) in [5, 5.41) is 5.40. The Hall–Kier alpha value is -2.57. The van der Waals surface area contributed by atoms with Crippen LogP contribution in [-0.2, 0) is 16.1 Å². The number of piperidine rings is 1. The van der Waals surface area contributed by atoms with Crippen molar-refractivity contribution in [2.45, 2.75) is 51.6 Å². The maximum absolute atomic E-state index is 12.6. The third-order valence-corrected chi connectivity index (χ3v) is 4.25. The van der Waals surface area contributed by atoms with Gasteiger partial charge in [-0.15, -0.1) is 0 Å². The molecule has 7 nitrogen and oxygen atoms in total. The molecule has 1 aromatic carbocycles. The first-order valence-electron chi connectivity index (χ1n) is 8.74. The Bertz CT molecular complexity index is 633. The van der Waals surface area contributed by atoms with Gasteiger partial charge >= 0.3 is 6.03 Å². The van der Waals surface area contributed by atoms with Crippen molar-refractivity contribution >= 4 is 23.5 Å². The van der Waals surface area contributed by atoms with E-state index in [0.717, 1.165) is 24.8 Å². The summed E-state index contributed by atoms with van der Waals surface area (Å²) in [6.07, 6.45) is 3.85. The van der Waals surface area contributed by atoms with Gasteiger partial charge in [-0.25, -0.2) is 4.79 Å². The lowest BCUT2D eigenvalue weighted by Crippen LogP contribution is -2.51. The molecule has 25 heavy (non-hydrogen) atoms. The molecular weight excluding hydrogens is 320 g/mol. The molecule has 0 saturated carbocycles. The van der Waals surface area contributed by atoms with E-state index in [0.29, 0.717) is 31.6 Å². The number of nitrogens with two attached hydrogens (primary N) is 1. The summed E-state index contributed by atoms with van der Waals surface area (Å²) in [4.78, 5) is 37.4. The molecule has 1 aliphatic heterocycles. The molecule has 0 aromatic heterocycles. The van der Waals surface area contributed by atoms with Gasteiger partial charge in [0.2, 0.25) is 11.8 Å². The van der Waals surface area contributed by atoms with E-state index < -0.39 is 6.03 Å². The van der Waals surface area contributed by atoms with Gasteiger partial charge in [-0.1, -0.05) is 19.1 Å². The van der Waals surface area contributed by atoms with Gasteiger partial charge in [0, 0.05) is 25.2 Å². The number of anilines is 1. The van der Waals surface area contributed by atoms with Gasteiger partial charge in [-0.05, 0) is 43.4 Å². The fourth-order valence-corrected chi connectivity index (χ4v) is 3.07. The molecule has 1 aliphatic rings. The number of nitrogens with zero attached hydrogens (tertiary/aromatic N) is 1. The van der Waals surface area contributed by atoms with Crippen LogP contribution in [0.25, 0.3) is 0 Å². The molecular formula is C18H26N4O3. The summed E-state index contributed by atoms with van der Waals surface area (Å²) in [6, 6.07) is 6.10. The van der Waals surface area contributed by atoms with Crippen molar-refractivity contribution in [1.82, 2.24) is 10.2 Å². The van der Waals surface area contributed by atoms with E-state index in [1.54, 1.807) is 23.1 Å². The average Bonchev–Trinajstić information content (AvgIpc) is 2.59. The van der Waals surface area contributed by atoms with Crippen molar-refractivity contribution in [3.8, 4) is 0 Å². The van der Waals surface area contributed by atoms with Crippen LogP contribution in [0.1, 0.15) is 44.6 Å². The number of hydrogen-bond acceptors (Lipinski definition) is 3. The Morgan fingerprint density at radius 2 is 2.08 bits per heavy atom. The minimum Gasteiger partial charge on any atom is -0.351 e. The van der Waals surface area contributed by atoms with Gasteiger partial charge in [0.25, 0.3) is 0 Å². The Kier molecular flexibility index (Phi) is 6.80. The molecule has 0 aliphatic carbocycles. The lowest BCUT2D eigenvalue weighted by atomic mass is 10.0. The lowest BCUT2D eigenvalue weighted by molar-refractivity contribution is -0.142. The number of primary amides is 1. The Labute approximate surface area is 147 Å². The van der Waals surface area contributed by atoms with Crippen LogP contribution in [0.4, 0.5) is 10.5 Å². The van der Waals surface area contributed by atoms with Crippen molar-refractivity contribution in [3.05, 3.63) is 29.8 Å². The molecule has 2 rings (SSSR count). The first kappa shape index (κ1) is 18.8. The molecule has 136 valence electrons.